The third-order valence-electron chi connectivity index (χ3n) is 4.34. The predicted molar refractivity (Wildman–Crippen MR) is 84.5 cm³/mol. The first kappa shape index (κ1) is 14.9. The Hall–Kier alpha value is -2.07. The average molecular weight is 299 g/mol. The van der Waals surface area contributed by atoms with Crippen LogP contribution in [0.5, 0.6) is 0 Å². The molecule has 4 heteroatoms. The highest BCUT2D eigenvalue weighted by molar-refractivity contribution is 5.95. The van der Waals surface area contributed by atoms with Gasteiger partial charge >= 0.3 is 0 Å². The first-order valence-electron chi connectivity index (χ1n) is 7.80. The maximum Gasteiger partial charge on any atom is 0.251 e. The number of nitrogens with one attached hydrogen (secondary N) is 1. The van der Waals surface area contributed by atoms with E-state index in [0.29, 0.717) is 12.1 Å². The van der Waals surface area contributed by atoms with E-state index in [0.717, 1.165) is 36.8 Å². The summed E-state index contributed by atoms with van der Waals surface area (Å²) in [5.41, 5.74) is 1.74. The van der Waals surface area contributed by atoms with Gasteiger partial charge in [0.25, 0.3) is 5.91 Å². The fourth-order valence-electron chi connectivity index (χ4n) is 3.00. The second-order valence-corrected chi connectivity index (χ2v) is 6.06. The molecule has 4 nitrogen and oxygen atoms in total. The van der Waals surface area contributed by atoms with Crippen LogP contribution < -0.4 is 5.32 Å². The van der Waals surface area contributed by atoms with Crippen LogP contribution in [0.25, 0.3) is 11.1 Å². The number of carbonyl (C=O) groups excluding carboxylic acids is 1. The molecule has 1 heterocycles. The third kappa shape index (κ3) is 3.39. The summed E-state index contributed by atoms with van der Waals surface area (Å²) in [5.74, 6) is -0.149. The maximum atomic E-state index is 12.3. The zero-order valence-corrected chi connectivity index (χ0v) is 12.5. The van der Waals surface area contributed by atoms with Crippen molar-refractivity contribution in [3.05, 3.63) is 48.4 Å². The van der Waals surface area contributed by atoms with Crippen LogP contribution in [-0.2, 0) is 0 Å². The molecule has 0 saturated heterocycles. The van der Waals surface area contributed by atoms with Crippen LogP contribution in [0.2, 0.25) is 0 Å². The van der Waals surface area contributed by atoms with Crippen molar-refractivity contribution >= 4 is 5.91 Å². The van der Waals surface area contributed by atoms with Gasteiger partial charge < -0.3 is 14.8 Å². The van der Waals surface area contributed by atoms with Crippen LogP contribution in [0.4, 0.5) is 0 Å². The van der Waals surface area contributed by atoms with E-state index in [-0.39, 0.29) is 5.91 Å². The van der Waals surface area contributed by atoms with E-state index in [1.165, 1.54) is 6.42 Å². The highest BCUT2D eigenvalue weighted by Crippen LogP contribution is 2.27. The van der Waals surface area contributed by atoms with E-state index in [9.17, 15) is 9.90 Å². The Balaban J connectivity index is 1.66. The van der Waals surface area contributed by atoms with E-state index in [1.807, 2.05) is 24.3 Å². The van der Waals surface area contributed by atoms with Crippen molar-refractivity contribution in [3.8, 4) is 11.1 Å². The largest absolute Gasteiger partial charge is 0.472 e. The summed E-state index contributed by atoms with van der Waals surface area (Å²) in [4.78, 5) is 12.3. The fourth-order valence-corrected chi connectivity index (χ4v) is 3.00. The van der Waals surface area contributed by atoms with Gasteiger partial charge in [-0.3, -0.25) is 4.79 Å². The van der Waals surface area contributed by atoms with Crippen LogP contribution >= 0.6 is 0 Å². The van der Waals surface area contributed by atoms with E-state index in [2.05, 4.69) is 5.32 Å². The first-order valence-corrected chi connectivity index (χ1v) is 7.80. The van der Waals surface area contributed by atoms with Gasteiger partial charge in [-0.15, -0.1) is 0 Å². The van der Waals surface area contributed by atoms with Crippen molar-refractivity contribution in [1.82, 2.24) is 5.32 Å². The summed E-state index contributed by atoms with van der Waals surface area (Å²) < 4.78 is 5.08. The van der Waals surface area contributed by atoms with Crippen LogP contribution in [-0.4, -0.2) is 23.2 Å². The molecule has 22 heavy (non-hydrogen) atoms. The number of hydrogen-bond acceptors (Lipinski definition) is 3. The molecule has 1 saturated carbocycles. The molecule has 0 bridgehead atoms. The molecule has 2 aromatic rings. The van der Waals surface area contributed by atoms with Crippen LogP contribution in [0, 0.1) is 0 Å². The van der Waals surface area contributed by atoms with Gasteiger partial charge in [0.05, 0.1) is 18.1 Å². The summed E-state index contributed by atoms with van der Waals surface area (Å²) >= 11 is 0. The average Bonchev–Trinajstić information content (AvgIpc) is 3.08. The van der Waals surface area contributed by atoms with Crippen molar-refractivity contribution in [1.29, 1.82) is 0 Å². The molecule has 1 amide bonds. The maximum absolute atomic E-state index is 12.3. The van der Waals surface area contributed by atoms with Gasteiger partial charge in [0.15, 0.2) is 0 Å². The van der Waals surface area contributed by atoms with Crippen molar-refractivity contribution < 1.29 is 14.3 Å². The number of aliphatic hydroxyl groups is 1. The van der Waals surface area contributed by atoms with Gasteiger partial charge in [-0.1, -0.05) is 31.4 Å². The molecule has 0 radical (unpaired) electrons. The van der Waals surface area contributed by atoms with Gasteiger partial charge in [-0.05, 0) is 36.6 Å². The Morgan fingerprint density at radius 1 is 1.18 bits per heavy atom. The summed E-state index contributed by atoms with van der Waals surface area (Å²) in [7, 11) is 0. The quantitative estimate of drug-likeness (QED) is 0.910. The zero-order valence-electron chi connectivity index (χ0n) is 12.5. The molecule has 0 atom stereocenters. The lowest BCUT2D eigenvalue weighted by Crippen LogP contribution is -2.44. The minimum Gasteiger partial charge on any atom is -0.472 e. The van der Waals surface area contributed by atoms with Crippen LogP contribution in [0.15, 0.2) is 47.3 Å². The van der Waals surface area contributed by atoms with Gasteiger partial charge in [0, 0.05) is 17.7 Å². The lowest BCUT2D eigenvalue weighted by Gasteiger charge is -2.32. The Morgan fingerprint density at radius 3 is 2.73 bits per heavy atom. The number of hydrogen-bond donors (Lipinski definition) is 2. The normalized spacial score (nSPS) is 17.1. The SMILES string of the molecule is O=C(NCC1(O)CCCCC1)c1cccc(-c2ccoc2)c1. The Kier molecular flexibility index (Phi) is 4.29. The minimum atomic E-state index is -0.740. The van der Waals surface area contributed by atoms with Gasteiger partial charge in [0.2, 0.25) is 0 Å². The molecule has 0 unspecified atom stereocenters. The molecule has 2 N–H and O–H groups in total. The van der Waals surface area contributed by atoms with E-state index in [4.69, 9.17) is 4.42 Å². The molecule has 1 fully saturated rings. The van der Waals surface area contributed by atoms with Crippen molar-refractivity contribution in [3.63, 3.8) is 0 Å². The lowest BCUT2D eigenvalue weighted by molar-refractivity contribution is 0.00526. The molecule has 116 valence electrons. The molecule has 1 aliphatic rings. The summed E-state index contributed by atoms with van der Waals surface area (Å²) in [6.07, 6.45) is 8.03. The molecular formula is C18H21NO3. The van der Waals surface area contributed by atoms with E-state index < -0.39 is 5.60 Å². The molecule has 1 aromatic heterocycles. The second-order valence-electron chi connectivity index (χ2n) is 6.06. The zero-order chi connectivity index (χ0) is 15.4. The molecule has 1 aromatic carbocycles. The second kappa shape index (κ2) is 6.36. The molecule has 3 rings (SSSR count). The summed E-state index contributed by atoms with van der Waals surface area (Å²) in [6, 6.07) is 9.28. The van der Waals surface area contributed by atoms with Gasteiger partial charge in [-0.25, -0.2) is 0 Å². The minimum absolute atomic E-state index is 0.149. The predicted octanol–water partition coefficient (Wildman–Crippen LogP) is 3.37. The van der Waals surface area contributed by atoms with Crippen LogP contribution in [0.3, 0.4) is 0 Å². The number of carbonyl (C=O) groups is 1. The Morgan fingerprint density at radius 2 is 2.00 bits per heavy atom. The number of rotatable bonds is 4. The van der Waals surface area contributed by atoms with Crippen molar-refractivity contribution in [2.45, 2.75) is 37.7 Å². The van der Waals surface area contributed by atoms with Crippen LogP contribution in [0.1, 0.15) is 42.5 Å². The molecule has 0 aliphatic heterocycles. The number of amides is 1. The molecule has 0 spiro atoms. The third-order valence-corrected chi connectivity index (χ3v) is 4.34. The van der Waals surface area contributed by atoms with Crippen molar-refractivity contribution in [2.24, 2.45) is 0 Å². The van der Waals surface area contributed by atoms with Gasteiger partial charge in [0.1, 0.15) is 0 Å². The van der Waals surface area contributed by atoms with E-state index >= 15 is 0 Å². The lowest BCUT2D eigenvalue weighted by atomic mass is 9.85. The highest BCUT2D eigenvalue weighted by Gasteiger charge is 2.29. The van der Waals surface area contributed by atoms with Gasteiger partial charge in [-0.2, -0.15) is 0 Å². The standard InChI is InChI=1S/C18H21NO3/c20-17(19-13-18(21)8-2-1-3-9-18)15-6-4-5-14(11-15)16-7-10-22-12-16/h4-7,10-12,21H,1-3,8-9,13H2,(H,19,20). The Labute approximate surface area is 130 Å². The number of benzene rings is 1. The first-order chi connectivity index (χ1) is 10.7. The van der Waals surface area contributed by atoms with Crippen molar-refractivity contribution in [2.75, 3.05) is 6.54 Å². The summed E-state index contributed by atoms with van der Waals surface area (Å²) in [5, 5.41) is 13.3. The topological polar surface area (TPSA) is 62.5 Å². The summed E-state index contributed by atoms with van der Waals surface area (Å²) in [6.45, 7) is 0.321. The fraction of sp³-hybridized carbons (Fsp3) is 0.389. The molecular weight excluding hydrogens is 278 g/mol. The molecule has 1 aliphatic carbocycles. The highest BCUT2D eigenvalue weighted by atomic mass is 16.3. The van der Waals surface area contributed by atoms with E-state index in [1.54, 1.807) is 18.6 Å². The monoisotopic (exact) mass is 299 g/mol. The number of furan rings is 1. The Bertz CT molecular complexity index is 628. The smallest absolute Gasteiger partial charge is 0.251 e.